The second-order valence-electron chi connectivity index (χ2n) is 7.88. The molecule has 24 heavy (non-hydrogen) atoms. The van der Waals surface area contributed by atoms with Crippen LogP contribution in [0.3, 0.4) is 0 Å². The first-order valence-corrected chi connectivity index (χ1v) is 9.21. The molecule has 0 spiro atoms. The summed E-state index contributed by atoms with van der Waals surface area (Å²) in [5.74, 6) is 1.61. The van der Waals surface area contributed by atoms with Crippen molar-refractivity contribution in [2.75, 3.05) is 26.2 Å². The summed E-state index contributed by atoms with van der Waals surface area (Å²) in [7, 11) is 0. The zero-order valence-corrected chi connectivity index (χ0v) is 14.6. The number of morpholine rings is 1. The number of carbonyl (C=O) groups is 1. The van der Waals surface area contributed by atoms with Gasteiger partial charge in [0.25, 0.3) is 5.91 Å². The third kappa shape index (κ3) is 3.20. The molecule has 0 aliphatic carbocycles. The van der Waals surface area contributed by atoms with Crippen LogP contribution in [-0.2, 0) is 11.3 Å². The Morgan fingerprint density at radius 3 is 2.58 bits per heavy atom. The van der Waals surface area contributed by atoms with Crippen molar-refractivity contribution < 1.29 is 9.53 Å². The molecule has 4 rings (SSSR count). The number of aromatic nitrogens is 1. The lowest BCUT2D eigenvalue weighted by molar-refractivity contribution is -0.0305. The van der Waals surface area contributed by atoms with Gasteiger partial charge >= 0.3 is 0 Å². The summed E-state index contributed by atoms with van der Waals surface area (Å²) in [6.45, 7) is 9.13. The van der Waals surface area contributed by atoms with Crippen LogP contribution >= 0.6 is 0 Å². The molecule has 5 nitrogen and oxygen atoms in total. The minimum atomic E-state index is 0.0562. The molecule has 5 heteroatoms. The molecular weight excluding hydrogens is 302 g/mol. The molecule has 1 aromatic rings. The average molecular weight is 329 g/mol. The van der Waals surface area contributed by atoms with E-state index in [2.05, 4.69) is 23.7 Å². The lowest BCUT2D eigenvalue weighted by Crippen LogP contribution is -2.48. The van der Waals surface area contributed by atoms with Gasteiger partial charge in [-0.15, -0.1) is 0 Å². The fourth-order valence-electron chi connectivity index (χ4n) is 4.02. The summed E-state index contributed by atoms with van der Waals surface area (Å²) in [5, 5.41) is 0. The van der Waals surface area contributed by atoms with Crippen LogP contribution in [0.15, 0.2) is 18.2 Å². The number of pyridine rings is 1. The number of likely N-dealkylation sites (tertiary alicyclic amines) is 2. The first kappa shape index (κ1) is 16.0. The van der Waals surface area contributed by atoms with E-state index in [0.717, 1.165) is 50.0 Å². The van der Waals surface area contributed by atoms with Crippen LogP contribution in [0.1, 0.15) is 42.9 Å². The van der Waals surface area contributed by atoms with E-state index < -0.39 is 0 Å². The van der Waals surface area contributed by atoms with Gasteiger partial charge in [-0.05, 0) is 36.8 Å². The second kappa shape index (κ2) is 6.45. The summed E-state index contributed by atoms with van der Waals surface area (Å²) < 4.78 is 5.82. The Morgan fingerprint density at radius 1 is 1.21 bits per heavy atom. The van der Waals surface area contributed by atoms with E-state index in [1.165, 1.54) is 0 Å². The van der Waals surface area contributed by atoms with Crippen molar-refractivity contribution in [1.82, 2.24) is 14.8 Å². The Morgan fingerprint density at radius 2 is 1.92 bits per heavy atom. The molecule has 3 aliphatic rings. The Kier molecular flexibility index (Phi) is 4.31. The molecule has 0 saturated carbocycles. The van der Waals surface area contributed by atoms with Crippen LogP contribution in [0, 0.1) is 11.8 Å². The molecule has 130 valence electrons. The first-order valence-electron chi connectivity index (χ1n) is 9.21. The lowest BCUT2D eigenvalue weighted by atomic mass is 9.88. The maximum atomic E-state index is 12.8. The van der Waals surface area contributed by atoms with E-state index in [4.69, 9.17) is 4.74 Å². The van der Waals surface area contributed by atoms with Gasteiger partial charge in [-0.25, -0.2) is 4.98 Å². The molecule has 0 radical (unpaired) electrons. The van der Waals surface area contributed by atoms with Crippen LogP contribution < -0.4 is 0 Å². The van der Waals surface area contributed by atoms with E-state index in [-0.39, 0.29) is 18.1 Å². The van der Waals surface area contributed by atoms with Crippen molar-refractivity contribution in [3.63, 3.8) is 0 Å². The SMILES string of the molecule is CC(C)C1CN(Cc2cccc(C(=O)N3CC4CCC(C3)O4)n2)C1. The molecule has 1 amide bonds. The fraction of sp³-hybridized carbons (Fsp3) is 0.684. The molecule has 3 saturated heterocycles. The molecular formula is C19H27N3O2. The molecule has 2 bridgehead atoms. The van der Waals surface area contributed by atoms with E-state index in [1.807, 2.05) is 23.1 Å². The number of carbonyl (C=O) groups excluding carboxylic acids is 1. The van der Waals surface area contributed by atoms with Gasteiger partial charge < -0.3 is 9.64 Å². The highest BCUT2D eigenvalue weighted by atomic mass is 16.5. The quantitative estimate of drug-likeness (QED) is 0.849. The molecule has 2 unspecified atom stereocenters. The van der Waals surface area contributed by atoms with Gasteiger partial charge in [0.15, 0.2) is 0 Å². The number of nitrogens with zero attached hydrogens (tertiary/aromatic N) is 3. The van der Waals surface area contributed by atoms with Crippen molar-refractivity contribution in [1.29, 1.82) is 0 Å². The van der Waals surface area contributed by atoms with Gasteiger partial charge in [0, 0.05) is 32.7 Å². The zero-order valence-electron chi connectivity index (χ0n) is 14.6. The van der Waals surface area contributed by atoms with Crippen molar-refractivity contribution in [2.45, 2.75) is 45.4 Å². The highest BCUT2D eigenvalue weighted by Gasteiger charge is 2.36. The van der Waals surface area contributed by atoms with Crippen LogP contribution in [0.25, 0.3) is 0 Å². The third-order valence-corrected chi connectivity index (χ3v) is 5.67. The summed E-state index contributed by atoms with van der Waals surface area (Å²) in [5.41, 5.74) is 1.58. The predicted octanol–water partition coefficient (Wildman–Crippen LogP) is 2.17. The highest BCUT2D eigenvalue weighted by Crippen LogP contribution is 2.27. The molecule has 1 aromatic heterocycles. The summed E-state index contributed by atoms with van der Waals surface area (Å²) in [6, 6.07) is 5.84. The van der Waals surface area contributed by atoms with E-state index in [0.29, 0.717) is 18.8 Å². The van der Waals surface area contributed by atoms with Crippen LogP contribution in [0.4, 0.5) is 0 Å². The second-order valence-corrected chi connectivity index (χ2v) is 7.88. The molecule has 2 atom stereocenters. The summed E-state index contributed by atoms with van der Waals surface area (Å²) in [6.07, 6.45) is 2.61. The Labute approximate surface area is 144 Å². The largest absolute Gasteiger partial charge is 0.371 e. The average Bonchev–Trinajstić information content (AvgIpc) is 2.88. The number of hydrogen-bond donors (Lipinski definition) is 0. The van der Waals surface area contributed by atoms with Crippen molar-refractivity contribution in [3.8, 4) is 0 Å². The smallest absolute Gasteiger partial charge is 0.272 e. The predicted molar refractivity (Wildman–Crippen MR) is 91.6 cm³/mol. The van der Waals surface area contributed by atoms with Crippen molar-refractivity contribution >= 4 is 5.91 Å². The molecule has 4 heterocycles. The van der Waals surface area contributed by atoms with Crippen molar-refractivity contribution in [3.05, 3.63) is 29.6 Å². The third-order valence-electron chi connectivity index (χ3n) is 5.67. The Hall–Kier alpha value is -1.46. The Balaban J connectivity index is 1.38. The summed E-state index contributed by atoms with van der Waals surface area (Å²) in [4.78, 5) is 21.8. The van der Waals surface area contributed by atoms with Gasteiger partial charge in [0.2, 0.25) is 0 Å². The Bertz CT molecular complexity index is 600. The fourth-order valence-corrected chi connectivity index (χ4v) is 4.02. The van der Waals surface area contributed by atoms with Gasteiger partial charge in [0.05, 0.1) is 17.9 Å². The summed E-state index contributed by atoms with van der Waals surface area (Å²) >= 11 is 0. The molecule has 0 N–H and O–H groups in total. The first-order chi connectivity index (χ1) is 11.6. The van der Waals surface area contributed by atoms with Crippen LogP contribution in [-0.4, -0.2) is 59.1 Å². The monoisotopic (exact) mass is 329 g/mol. The minimum Gasteiger partial charge on any atom is -0.371 e. The highest BCUT2D eigenvalue weighted by molar-refractivity contribution is 5.92. The number of amides is 1. The maximum Gasteiger partial charge on any atom is 0.272 e. The maximum absolute atomic E-state index is 12.8. The van der Waals surface area contributed by atoms with Gasteiger partial charge in [-0.3, -0.25) is 9.69 Å². The topological polar surface area (TPSA) is 45.7 Å². The minimum absolute atomic E-state index is 0.0562. The van der Waals surface area contributed by atoms with Crippen LogP contribution in [0.2, 0.25) is 0 Å². The normalized spacial score (nSPS) is 27.5. The van der Waals surface area contributed by atoms with E-state index >= 15 is 0 Å². The standard InChI is InChI=1S/C19H27N3O2/c1-13(2)14-8-21(9-14)10-15-4-3-5-18(20-15)19(23)22-11-16-6-7-17(12-22)24-16/h3-5,13-14,16-17H,6-12H2,1-2H3. The van der Waals surface area contributed by atoms with Gasteiger partial charge in [0.1, 0.15) is 5.69 Å². The molecule has 3 fully saturated rings. The zero-order chi connectivity index (χ0) is 16.7. The van der Waals surface area contributed by atoms with E-state index in [9.17, 15) is 4.79 Å². The van der Waals surface area contributed by atoms with Crippen LogP contribution in [0.5, 0.6) is 0 Å². The number of hydrogen-bond acceptors (Lipinski definition) is 4. The van der Waals surface area contributed by atoms with Gasteiger partial charge in [-0.2, -0.15) is 0 Å². The number of ether oxygens (including phenoxy) is 1. The van der Waals surface area contributed by atoms with E-state index in [1.54, 1.807) is 0 Å². The molecule has 3 aliphatic heterocycles. The number of rotatable bonds is 4. The number of fused-ring (bicyclic) bond motifs is 2. The molecule has 0 aromatic carbocycles. The van der Waals surface area contributed by atoms with Gasteiger partial charge in [-0.1, -0.05) is 19.9 Å². The lowest BCUT2D eigenvalue weighted by Gasteiger charge is -2.41. The van der Waals surface area contributed by atoms with Crippen molar-refractivity contribution in [2.24, 2.45) is 11.8 Å².